The van der Waals surface area contributed by atoms with Gasteiger partial charge in [0.1, 0.15) is 0 Å². The van der Waals surface area contributed by atoms with Crippen molar-refractivity contribution in [3.8, 4) is 12.3 Å². The van der Waals surface area contributed by atoms with Crippen LogP contribution < -0.4 is 5.32 Å². The fourth-order valence-corrected chi connectivity index (χ4v) is 0.789. The van der Waals surface area contributed by atoms with Crippen molar-refractivity contribution in [2.24, 2.45) is 0 Å². The minimum absolute atomic E-state index is 0.267. The molecule has 1 aromatic rings. The number of hydrogen-bond donors (Lipinski definition) is 1. The van der Waals surface area contributed by atoms with Gasteiger partial charge in [-0.15, -0.1) is 6.42 Å². The first-order chi connectivity index (χ1) is 6.05. The van der Waals surface area contributed by atoms with Crippen LogP contribution in [-0.2, 0) is 0 Å². The predicted molar refractivity (Wildman–Crippen MR) is 49.1 cm³/mol. The average molecular weight is 177 g/mol. The fourth-order valence-electron chi connectivity index (χ4n) is 0.789. The van der Waals surface area contributed by atoms with Crippen LogP contribution in [0, 0.1) is 12.3 Å². The van der Waals surface area contributed by atoms with Crippen molar-refractivity contribution >= 4 is 5.91 Å². The van der Waals surface area contributed by atoms with Crippen LogP contribution in [-0.4, -0.2) is 11.4 Å². The number of furan rings is 1. The Labute approximate surface area is 77.1 Å². The molecule has 0 unspecified atom stereocenters. The SMILES string of the molecule is C#CC(C)(C)NC(=O)c1ccco1. The van der Waals surface area contributed by atoms with Gasteiger partial charge in [0.25, 0.3) is 5.91 Å². The summed E-state index contributed by atoms with van der Waals surface area (Å²) < 4.78 is 4.91. The second kappa shape index (κ2) is 3.36. The lowest BCUT2D eigenvalue weighted by atomic mass is 10.1. The van der Waals surface area contributed by atoms with Crippen LogP contribution >= 0.6 is 0 Å². The minimum Gasteiger partial charge on any atom is -0.459 e. The number of nitrogens with one attached hydrogen (secondary N) is 1. The van der Waals surface area contributed by atoms with Gasteiger partial charge in [-0.1, -0.05) is 5.92 Å². The molecule has 1 aromatic heterocycles. The van der Waals surface area contributed by atoms with E-state index in [1.807, 2.05) is 0 Å². The Morgan fingerprint density at radius 3 is 2.85 bits per heavy atom. The van der Waals surface area contributed by atoms with Crippen molar-refractivity contribution < 1.29 is 9.21 Å². The smallest absolute Gasteiger partial charge is 0.288 e. The minimum atomic E-state index is -0.649. The molecule has 1 amide bonds. The van der Waals surface area contributed by atoms with Crippen LogP contribution in [0.3, 0.4) is 0 Å². The molecule has 0 aliphatic rings. The zero-order chi connectivity index (χ0) is 9.90. The molecule has 3 nitrogen and oxygen atoms in total. The van der Waals surface area contributed by atoms with E-state index in [0.717, 1.165) is 0 Å². The summed E-state index contributed by atoms with van der Waals surface area (Å²) in [5, 5.41) is 2.64. The Hall–Kier alpha value is -1.69. The molecule has 1 heterocycles. The molecule has 0 spiro atoms. The van der Waals surface area contributed by atoms with Crippen LogP contribution in [0.25, 0.3) is 0 Å². The van der Waals surface area contributed by atoms with Gasteiger partial charge >= 0.3 is 0 Å². The number of terminal acetylenes is 1. The lowest BCUT2D eigenvalue weighted by molar-refractivity contribution is 0.0901. The quantitative estimate of drug-likeness (QED) is 0.694. The van der Waals surface area contributed by atoms with E-state index < -0.39 is 5.54 Å². The summed E-state index contributed by atoms with van der Waals surface area (Å²) in [4.78, 5) is 11.4. The molecule has 13 heavy (non-hydrogen) atoms. The predicted octanol–water partition coefficient (Wildman–Crippen LogP) is 1.42. The molecule has 0 fully saturated rings. The van der Waals surface area contributed by atoms with Gasteiger partial charge in [-0.3, -0.25) is 4.79 Å². The van der Waals surface area contributed by atoms with Gasteiger partial charge in [-0.2, -0.15) is 0 Å². The molecule has 0 aromatic carbocycles. The van der Waals surface area contributed by atoms with Crippen LogP contribution in [0.15, 0.2) is 22.8 Å². The molecule has 0 saturated heterocycles. The van der Waals surface area contributed by atoms with Crippen LogP contribution in [0.1, 0.15) is 24.4 Å². The molecule has 68 valence electrons. The molecule has 0 aliphatic heterocycles. The number of amides is 1. The number of carbonyl (C=O) groups is 1. The molecule has 0 aliphatic carbocycles. The molecule has 1 rings (SSSR count). The highest BCUT2D eigenvalue weighted by atomic mass is 16.3. The highest BCUT2D eigenvalue weighted by Crippen LogP contribution is 2.04. The standard InChI is InChI=1S/C10H11NO2/c1-4-10(2,3)11-9(12)8-6-5-7-13-8/h1,5-7H,2-3H3,(H,11,12). The van der Waals surface area contributed by atoms with E-state index in [2.05, 4.69) is 11.2 Å². The van der Waals surface area contributed by atoms with Crippen LogP contribution in [0.4, 0.5) is 0 Å². The zero-order valence-electron chi connectivity index (χ0n) is 7.63. The van der Waals surface area contributed by atoms with Gasteiger partial charge in [-0.05, 0) is 26.0 Å². The first kappa shape index (κ1) is 9.40. The highest BCUT2D eigenvalue weighted by Gasteiger charge is 2.19. The van der Waals surface area contributed by atoms with Crippen LogP contribution in [0.2, 0.25) is 0 Å². The Morgan fingerprint density at radius 2 is 2.38 bits per heavy atom. The maximum Gasteiger partial charge on any atom is 0.288 e. The van der Waals surface area contributed by atoms with Gasteiger partial charge in [0.05, 0.1) is 11.8 Å². The first-order valence-corrected chi connectivity index (χ1v) is 3.89. The third-order valence-corrected chi connectivity index (χ3v) is 1.53. The van der Waals surface area contributed by atoms with Crippen molar-refractivity contribution in [1.82, 2.24) is 5.32 Å². The molecular weight excluding hydrogens is 166 g/mol. The summed E-state index contributed by atoms with van der Waals surface area (Å²) in [7, 11) is 0. The summed E-state index contributed by atoms with van der Waals surface area (Å²) >= 11 is 0. The summed E-state index contributed by atoms with van der Waals surface area (Å²) in [5.41, 5.74) is -0.649. The van der Waals surface area contributed by atoms with Gasteiger partial charge in [0.2, 0.25) is 0 Å². The lowest BCUT2D eigenvalue weighted by Gasteiger charge is -2.18. The first-order valence-electron chi connectivity index (χ1n) is 3.89. The van der Waals surface area contributed by atoms with Crippen LogP contribution in [0.5, 0.6) is 0 Å². The fraction of sp³-hybridized carbons (Fsp3) is 0.300. The summed E-state index contributed by atoms with van der Waals surface area (Å²) in [5.74, 6) is 2.43. The van der Waals surface area contributed by atoms with E-state index >= 15 is 0 Å². The second-order valence-electron chi connectivity index (χ2n) is 3.20. The summed E-state index contributed by atoms with van der Waals surface area (Å²) in [6, 6.07) is 3.24. The van der Waals surface area contributed by atoms with Crippen molar-refractivity contribution in [3.05, 3.63) is 24.2 Å². The number of carbonyl (C=O) groups excluding carboxylic acids is 1. The Kier molecular flexibility index (Phi) is 2.43. The Morgan fingerprint density at radius 1 is 1.69 bits per heavy atom. The second-order valence-corrected chi connectivity index (χ2v) is 3.20. The molecule has 3 heteroatoms. The maximum absolute atomic E-state index is 11.4. The van der Waals surface area contributed by atoms with E-state index in [1.165, 1.54) is 6.26 Å². The Balaban J connectivity index is 2.68. The Bertz CT molecular complexity index is 330. The molecule has 0 bridgehead atoms. The van der Waals surface area contributed by atoms with Gasteiger partial charge in [-0.25, -0.2) is 0 Å². The molecular formula is C10H11NO2. The summed E-state index contributed by atoms with van der Waals surface area (Å²) in [6.45, 7) is 3.49. The van der Waals surface area contributed by atoms with Gasteiger partial charge in [0, 0.05) is 0 Å². The summed E-state index contributed by atoms with van der Waals surface area (Å²) in [6.07, 6.45) is 6.65. The average Bonchev–Trinajstić information content (AvgIpc) is 2.55. The van der Waals surface area contributed by atoms with E-state index in [4.69, 9.17) is 10.8 Å². The third kappa shape index (κ3) is 2.38. The van der Waals surface area contributed by atoms with E-state index in [0.29, 0.717) is 0 Å². The van der Waals surface area contributed by atoms with Crippen molar-refractivity contribution in [3.63, 3.8) is 0 Å². The monoisotopic (exact) mass is 177 g/mol. The lowest BCUT2D eigenvalue weighted by Crippen LogP contribution is -2.41. The van der Waals surface area contributed by atoms with Crippen molar-refractivity contribution in [2.75, 3.05) is 0 Å². The largest absolute Gasteiger partial charge is 0.459 e. The van der Waals surface area contributed by atoms with E-state index in [1.54, 1.807) is 26.0 Å². The normalized spacial score (nSPS) is 10.5. The molecule has 0 saturated carbocycles. The zero-order valence-corrected chi connectivity index (χ0v) is 7.63. The van der Waals surface area contributed by atoms with Crippen molar-refractivity contribution in [2.45, 2.75) is 19.4 Å². The number of hydrogen-bond acceptors (Lipinski definition) is 2. The van der Waals surface area contributed by atoms with Crippen molar-refractivity contribution in [1.29, 1.82) is 0 Å². The van der Waals surface area contributed by atoms with E-state index in [9.17, 15) is 4.79 Å². The van der Waals surface area contributed by atoms with Gasteiger partial charge in [0.15, 0.2) is 5.76 Å². The van der Waals surface area contributed by atoms with E-state index in [-0.39, 0.29) is 11.7 Å². The highest BCUT2D eigenvalue weighted by molar-refractivity contribution is 5.92. The third-order valence-electron chi connectivity index (χ3n) is 1.53. The molecule has 0 radical (unpaired) electrons. The number of rotatable bonds is 2. The topological polar surface area (TPSA) is 42.2 Å². The van der Waals surface area contributed by atoms with Gasteiger partial charge < -0.3 is 9.73 Å². The maximum atomic E-state index is 11.4. The molecule has 1 N–H and O–H groups in total. The molecule has 0 atom stereocenters.